The third-order valence-corrected chi connectivity index (χ3v) is 3.15. The van der Waals surface area contributed by atoms with Gasteiger partial charge in [-0.05, 0) is 31.2 Å². The molecule has 0 aliphatic heterocycles. The van der Waals surface area contributed by atoms with Crippen LogP contribution in [0, 0.1) is 0 Å². The quantitative estimate of drug-likeness (QED) is 0.622. The Bertz CT molecular complexity index is 350. The summed E-state index contributed by atoms with van der Waals surface area (Å²) < 4.78 is 22.1. The lowest BCUT2D eigenvalue weighted by molar-refractivity contribution is 0.297. The van der Waals surface area contributed by atoms with E-state index in [1.807, 2.05) is 0 Å². The summed E-state index contributed by atoms with van der Waals surface area (Å²) in [5.41, 5.74) is 6.19. The zero-order chi connectivity index (χ0) is 11.3. The molecule has 2 N–H and O–H groups in total. The van der Waals surface area contributed by atoms with E-state index in [-0.39, 0.29) is 6.35 Å². The van der Waals surface area contributed by atoms with E-state index in [1.54, 1.807) is 37.9 Å². The van der Waals surface area contributed by atoms with E-state index in [0.29, 0.717) is 18.0 Å². The molecule has 5 heteroatoms. The number of benzene rings is 1. The van der Waals surface area contributed by atoms with Crippen LogP contribution in [0.15, 0.2) is 24.3 Å². The maximum Gasteiger partial charge on any atom is 0.236 e. The molecule has 0 bridgehead atoms. The van der Waals surface area contributed by atoms with Gasteiger partial charge in [0.25, 0.3) is 0 Å². The third-order valence-electron chi connectivity index (χ3n) is 1.75. The van der Waals surface area contributed by atoms with Crippen LogP contribution in [0.5, 0.6) is 5.75 Å². The first kappa shape index (κ1) is 12.1. The Kier molecular flexibility index (Phi) is 4.18. The van der Waals surface area contributed by atoms with Crippen molar-refractivity contribution >= 4 is 13.1 Å². The highest BCUT2D eigenvalue weighted by atomic mass is 31.2. The van der Waals surface area contributed by atoms with Crippen LogP contribution in [0.1, 0.15) is 6.92 Å². The zero-order valence-corrected chi connectivity index (χ0v) is 9.87. The number of ether oxygens (including phenoxy) is 1. The first-order valence-electron chi connectivity index (χ1n) is 4.73. The monoisotopic (exact) mass is 229 g/mol. The molecule has 0 aromatic heterocycles. The van der Waals surface area contributed by atoms with Gasteiger partial charge in [0.1, 0.15) is 5.75 Å². The molecule has 1 aromatic carbocycles. The molecule has 0 spiro atoms. The van der Waals surface area contributed by atoms with E-state index >= 15 is 0 Å². The second kappa shape index (κ2) is 5.19. The first-order chi connectivity index (χ1) is 7.03. The standard InChI is InChI=1S/C10H16NO3P/c1-3-14-15(2,12)8-13-10-6-4-9(11)5-7-10/h4-7H,3,8,11H2,1-2H3. The van der Waals surface area contributed by atoms with Crippen LogP contribution in [0.3, 0.4) is 0 Å². The highest BCUT2D eigenvalue weighted by Crippen LogP contribution is 2.42. The van der Waals surface area contributed by atoms with Crippen LogP contribution in [-0.2, 0) is 9.09 Å². The molecule has 1 rings (SSSR count). The highest BCUT2D eigenvalue weighted by molar-refractivity contribution is 7.57. The van der Waals surface area contributed by atoms with Gasteiger partial charge in [0.2, 0.25) is 7.37 Å². The molecule has 0 saturated carbocycles. The van der Waals surface area contributed by atoms with Gasteiger partial charge in [-0.15, -0.1) is 0 Å². The summed E-state index contributed by atoms with van der Waals surface area (Å²) in [6.07, 6.45) is 0.0881. The number of rotatable bonds is 5. The van der Waals surface area contributed by atoms with Gasteiger partial charge in [-0.3, -0.25) is 4.57 Å². The second-order valence-corrected chi connectivity index (χ2v) is 5.82. The van der Waals surface area contributed by atoms with Gasteiger partial charge in [0.15, 0.2) is 6.35 Å². The highest BCUT2D eigenvalue weighted by Gasteiger charge is 2.15. The normalized spacial score (nSPS) is 14.5. The van der Waals surface area contributed by atoms with E-state index in [4.69, 9.17) is 15.0 Å². The van der Waals surface area contributed by atoms with Crippen molar-refractivity contribution in [2.45, 2.75) is 6.92 Å². The average Bonchev–Trinajstić information content (AvgIpc) is 2.17. The Morgan fingerprint density at radius 2 is 1.93 bits per heavy atom. The SMILES string of the molecule is CCOP(C)(=O)COc1ccc(N)cc1. The molecule has 0 aliphatic rings. The first-order valence-corrected chi connectivity index (χ1v) is 6.98. The minimum Gasteiger partial charge on any atom is -0.484 e. The van der Waals surface area contributed by atoms with Gasteiger partial charge in [-0.2, -0.15) is 0 Å². The summed E-state index contributed by atoms with van der Waals surface area (Å²) in [6.45, 7) is 3.80. The maximum absolute atomic E-state index is 11.7. The van der Waals surface area contributed by atoms with Gasteiger partial charge in [0.05, 0.1) is 6.61 Å². The van der Waals surface area contributed by atoms with Gasteiger partial charge >= 0.3 is 0 Å². The Morgan fingerprint density at radius 3 is 2.47 bits per heavy atom. The topological polar surface area (TPSA) is 61.5 Å². The van der Waals surface area contributed by atoms with Crippen LogP contribution >= 0.6 is 7.37 Å². The van der Waals surface area contributed by atoms with Crippen molar-refractivity contribution in [1.82, 2.24) is 0 Å². The fraction of sp³-hybridized carbons (Fsp3) is 0.400. The molecule has 4 nitrogen and oxygen atoms in total. The minimum absolute atomic E-state index is 0.0881. The molecular weight excluding hydrogens is 213 g/mol. The van der Waals surface area contributed by atoms with Gasteiger partial charge < -0.3 is 15.0 Å². The Morgan fingerprint density at radius 1 is 1.33 bits per heavy atom. The molecule has 0 heterocycles. The van der Waals surface area contributed by atoms with Crippen LogP contribution in [-0.4, -0.2) is 19.6 Å². The minimum atomic E-state index is -2.62. The van der Waals surface area contributed by atoms with E-state index in [1.165, 1.54) is 0 Å². The summed E-state index contributed by atoms with van der Waals surface area (Å²) in [5.74, 6) is 0.644. The summed E-state index contributed by atoms with van der Waals surface area (Å²) in [4.78, 5) is 0. The fourth-order valence-electron chi connectivity index (χ4n) is 1.07. The van der Waals surface area contributed by atoms with Crippen LogP contribution in [0.4, 0.5) is 5.69 Å². The molecule has 0 fully saturated rings. The van der Waals surface area contributed by atoms with Crippen molar-refractivity contribution in [2.75, 3.05) is 25.4 Å². The Labute approximate surface area is 89.8 Å². The summed E-state index contributed by atoms with van der Waals surface area (Å²) >= 11 is 0. The Hall–Kier alpha value is -0.990. The van der Waals surface area contributed by atoms with Crippen molar-refractivity contribution in [3.05, 3.63) is 24.3 Å². The lowest BCUT2D eigenvalue weighted by Crippen LogP contribution is -2.01. The van der Waals surface area contributed by atoms with E-state index in [9.17, 15) is 4.57 Å². The molecule has 0 amide bonds. The van der Waals surface area contributed by atoms with E-state index in [2.05, 4.69) is 0 Å². The predicted octanol–water partition coefficient (Wildman–Crippen LogP) is 2.55. The van der Waals surface area contributed by atoms with Crippen molar-refractivity contribution < 1.29 is 13.8 Å². The van der Waals surface area contributed by atoms with Crippen LogP contribution in [0.2, 0.25) is 0 Å². The van der Waals surface area contributed by atoms with Crippen molar-refractivity contribution in [1.29, 1.82) is 0 Å². The van der Waals surface area contributed by atoms with Crippen LogP contribution < -0.4 is 10.5 Å². The largest absolute Gasteiger partial charge is 0.484 e. The zero-order valence-electron chi connectivity index (χ0n) is 8.97. The predicted molar refractivity (Wildman–Crippen MR) is 61.5 cm³/mol. The molecule has 84 valence electrons. The third kappa shape index (κ3) is 4.36. The molecule has 0 aliphatic carbocycles. The number of hydrogen-bond donors (Lipinski definition) is 1. The average molecular weight is 229 g/mol. The smallest absolute Gasteiger partial charge is 0.236 e. The Balaban J connectivity index is 2.50. The fourth-order valence-corrected chi connectivity index (χ4v) is 2.07. The number of hydrogen-bond acceptors (Lipinski definition) is 4. The van der Waals surface area contributed by atoms with E-state index in [0.717, 1.165) is 0 Å². The number of nitrogens with two attached hydrogens (primary N) is 1. The lowest BCUT2D eigenvalue weighted by Gasteiger charge is -2.13. The number of nitrogen functional groups attached to an aromatic ring is 1. The summed E-state index contributed by atoms with van der Waals surface area (Å²) in [5, 5.41) is 0. The molecule has 0 saturated heterocycles. The molecule has 1 unspecified atom stereocenters. The van der Waals surface area contributed by atoms with Crippen molar-refractivity contribution in [3.8, 4) is 5.75 Å². The van der Waals surface area contributed by atoms with Gasteiger partial charge in [-0.25, -0.2) is 0 Å². The molecule has 1 atom stereocenters. The van der Waals surface area contributed by atoms with Gasteiger partial charge in [-0.1, -0.05) is 0 Å². The van der Waals surface area contributed by atoms with Crippen molar-refractivity contribution in [2.24, 2.45) is 0 Å². The molecular formula is C10H16NO3P. The van der Waals surface area contributed by atoms with E-state index < -0.39 is 7.37 Å². The molecule has 15 heavy (non-hydrogen) atoms. The summed E-state index contributed by atoms with van der Waals surface area (Å²) in [6, 6.07) is 6.94. The van der Waals surface area contributed by atoms with Gasteiger partial charge in [0, 0.05) is 12.4 Å². The molecule has 1 aromatic rings. The molecule has 0 radical (unpaired) electrons. The maximum atomic E-state index is 11.7. The summed E-state index contributed by atoms with van der Waals surface area (Å²) in [7, 11) is -2.62. The lowest BCUT2D eigenvalue weighted by atomic mass is 10.3. The van der Waals surface area contributed by atoms with Crippen molar-refractivity contribution in [3.63, 3.8) is 0 Å². The number of anilines is 1. The van der Waals surface area contributed by atoms with Crippen LogP contribution in [0.25, 0.3) is 0 Å². The second-order valence-electron chi connectivity index (χ2n) is 3.27.